The molecule has 71 heavy (non-hydrogen) atoms. The SMILES string of the molecule is Nc1ccc(CCN2CCC(O)CC2)cc1.O=C(NC1CCN(CCN2CCCCCC2)CC1)c1cc2c(-c3ccccc3)cccc2[nH]1.O=C(O)c1cc2c(-c3ccc(C(F)(F)F)cc3)cccc2[nH]1. The van der Waals surface area contributed by atoms with Crippen LogP contribution in [0.3, 0.4) is 0 Å². The van der Waals surface area contributed by atoms with Crippen molar-refractivity contribution in [2.24, 2.45) is 0 Å². The molecule has 3 saturated heterocycles. The Morgan fingerprint density at radius 2 is 1.13 bits per heavy atom. The molecule has 374 valence electrons. The molecule has 5 heterocycles. The number of aliphatic hydroxyl groups excluding tert-OH is 1. The van der Waals surface area contributed by atoms with Crippen LogP contribution in [0.4, 0.5) is 18.9 Å². The number of piperidine rings is 2. The number of likely N-dealkylation sites (tertiary alicyclic amines) is 3. The van der Waals surface area contributed by atoms with E-state index in [0.29, 0.717) is 27.7 Å². The molecule has 0 bridgehead atoms. The quantitative estimate of drug-likeness (QED) is 0.0701. The van der Waals surface area contributed by atoms with Crippen LogP contribution in [0.5, 0.6) is 0 Å². The van der Waals surface area contributed by atoms with Crippen molar-refractivity contribution < 1.29 is 33.0 Å². The van der Waals surface area contributed by atoms with E-state index in [4.69, 9.17) is 10.8 Å². The van der Waals surface area contributed by atoms with Gasteiger partial charge in [-0.05, 0) is 134 Å². The summed E-state index contributed by atoms with van der Waals surface area (Å²) in [7, 11) is 0. The van der Waals surface area contributed by atoms with E-state index >= 15 is 0 Å². The lowest BCUT2D eigenvalue weighted by molar-refractivity contribution is -0.137. The Labute approximate surface area is 413 Å². The summed E-state index contributed by atoms with van der Waals surface area (Å²) in [5, 5.41) is 23.4. The average molecular weight is 970 g/mol. The number of halogens is 3. The van der Waals surface area contributed by atoms with E-state index in [0.717, 1.165) is 106 Å². The van der Waals surface area contributed by atoms with Gasteiger partial charge in [0.05, 0.1) is 11.7 Å². The van der Waals surface area contributed by atoms with Crippen LogP contribution >= 0.6 is 0 Å². The zero-order valence-corrected chi connectivity index (χ0v) is 40.3. The number of carboxylic acids is 1. The van der Waals surface area contributed by atoms with Crippen LogP contribution in [0.15, 0.2) is 127 Å². The molecule has 3 fully saturated rings. The minimum absolute atomic E-state index is 0.00762. The molecular weight excluding hydrogens is 904 g/mol. The molecule has 14 heteroatoms. The lowest BCUT2D eigenvalue weighted by Crippen LogP contribution is -2.46. The van der Waals surface area contributed by atoms with Crippen molar-refractivity contribution >= 4 is 39.4 Å². The largest absolute Gasteiger partial charge is 0.477 e. The Bertz CT molecular complexity index is 2790. The Kier molecular flexibility index (Phi) is 17.3. The summed E-state index contributed by atoms with van der Waals surface area (Å²) in [4.78, 5) is 37.8. The molecule has 0 spiro atoms. The van der Waals surface area contributed by atoms with Gasteiger partial charge in [-0.3, -0.25) is 4.79 Å². The number of aromatic nitrogens is 2. The molecule has 2 aromatic heterocycles. The monoisotopic (exact) mass is 970 g/mol. The number of nitrogens with zero attached hydrogens (tertiary/aromatic N) is 3. The summed E-state index contributed by atoms with van der Waals surface area (Å²) in [6.07, 6.45) is 6.01. The van der Waals surface area contributed by atoms with Crippen LogP contribution in [0.1, 0.15) is 83.5 Å². The summed E-state index contributed by atoms with van der Waals surface area (Å²) in [6.45, 7) is 10.2. The maximum absolute atomic E-state index is 13.0. The smallest absolute Gasteiger partial charge is 0.416 e. The number of nitrogens with two attached hydrogens (primary N) is 1. The number of carboxylic acid groups (broad SMARTS) is 1. The number of benzene rings is 5. The van der Waals surface area contributed by atoms with Crippen LogP contribution in [-0.2, 0) is 12.6 Å². The molecule has 3 aliphatic rings. The number of alkyl halides is 3. The van der Waals surface area contributed by atoms with Gasteiger partial charge in [0, 0.05) is 79.3 Å². The number of anilines is 1. The Hall–Kier alpha value is -6.45. The molecule has 0 radical (unpaired) electrons. The fourth-order valence-corrected chi connectivity index (χ4v) is 9.83. The molecular formula is C57H66F3N7O4. The van der Waals surface area contributed by atoms with Gasteiger partial charge in [-0.1, -0.05) is 91.7 Å². The van der Waals surface area contributed by atoms with Crippen LogP contribution in [0.2, 0.25) is 0 Å². The van der Waals surface area contributed by atoms with Crippen molar-refractivity contribution in [1.29, 1.82) is 0 Å². The first-order valence-electron chi connectivity index (χ1n) is 25.1. The molecule has 7 N–H and O–H groups in total. The zero-order chi connectivity index (χ0) is 49.7. The Morgan fingerprint density at radius 1 is 0.606 bits per heavy atom. The molecule has 0 saturated carbocycles. The highest BCUT2D eigenvalue weighted by Crippen LogP contribution is 2.34. The lowest BCUT2D eigenvalue weighted by Gasteiger charge is -2.33. The number of aromatic carboxylic acids is 1. The number of fused-ring (bicyclic) bond motifs is 2. The molecule has 0 atom stereocenters. The van der Waals surface area contributed by atoms with E-state index in [1.807, 2.05) is 36.4 Å². The summed E-state index contributed by atoms with van der Waals surface area (Å²) in [5.41, 5.74) is 13.0. The number of H-pyrrole nitrogens is 2. The van der Waals surface area contributed by atoms with Crippen molar-refractivity contribution in [2.45, 2.75) is 76.1 Å². The molecule has 10 rings (SSSR count). The first kappa shape index (κ1) is 50.9. The van der Waals surface area contributed by atoms with Crippen LogP contribution in [-0.4, -0.2) is 118 Å². The molecule has 0 aliphatic carbocycles. The number of carbonyl (C=O) groups excluding carboxylic acids is 1. The summed E-state index contributed by atoms with van der Waals surface area (Å²) >= 11 is 0. The van der Waals surface area contributed by atoms with Gasteiger partial charge in [0.25, 0.3) is 5.91 Å². The third-order valence-corrected chi connectivity index (χ3v) is 14.0. The van der Waals surface area contributed by atoms with E-state index in [1.54, 1.807) is 18.2 Å². The predicted octanol–water partition coefficient (Wildman–Crippen LogP) is 10.7. The molecule has 11 nitrogen and oxygen atoms in total. The second-order valence-corrected chi connectivity index (χ2v) is 19.1. The number of hydrogen-bond donors (Lipinski definition) is 6. The van der Waals surface area contributed by atoms with Crippen LogP contribution in [0, 0.1) is 0 Å². The average Bonchev–Trinajstić information content (AvgIpc) is 3.95. The first-order valence-corrected chi connectivity index (χ1v) is 25.1. The predicted molar refractivity (Wildman–Crippen MR) is 278 cm³/mol. The van der Waals surface area contributed by atoms with Gasteiger partial charge in [-0.25, -0.2) is 4.79 Å². The topological polar surface area (TPSA) is 154 Å². The number of rotatable bonds is 11. The maximum atomic E-state index is 13.0. The number of amides is 1. The van der Waals surface area contributed by atoms with Gasteiger partial charge in [0.15, 0.2) is 0 Å². The fraction of sp³-hybridized carbons (Fsp3) is 0.368. The van der Waals surface area contributed by atoms with Gasteiger partial charge < -0.3 is 45.9 Å². The fourth-order valence-electron chi connectivity index (χ4n) is 9.83. The maximum Gasteiger partial charge on any atom is 0.416 e. The number of carbonyl (C=O) groups is 2. The molecule has 0 unspecified atom stereocenters. The summed E-state index contributed by atoms with van der Waals surface area (Å²) in [6, 6.07) is 38.4. The standard InChI is InChI=1S/C28H36N4O.C16H10F3NO2.C13H20N2O/c33-28(27-21-25-24(11-8-12-26(25)30-27)22-9-4-3-5-10-22)29-23-13-17-32(18-14-23)20-19-31-15-6-1-2-7-16-31;17-16(18,19)10-6-4-9(5-7-10)11-2-1-3-13-12(11)8-14(20-13)15(21)22;14-12-3-1-11(2-4-12)5-8-15-9-6-13(16)7-10-15/h3-5,8-12,21,23,30H,1-2,6-7,13-20H2,(H,29,33);1-8,20H,(H,21,22);1-4,13,16H,5-10,14H2. The van der Waals surface area contributed by atoms with Crippen molar-refractivity contribution in [3.05, 3.63) is 150 Å². The number of nitrogens with one attached hydrogen (secondary N) is 3. The molecule has 1 amide bonds. The minimum atomic E-state index is -4.38. The zero-order valence-electron chi connectivity index (χ0n) is 40.3. The van der Waals surface area contributed by atoms with E-state index in [2.05, 4.69) is 72.4 Å². The van der Waals surface area contributed by atoms with Gasteiger partial charge in [0.2, 0.25) is 0 Å². The van der Waals surface area contributed by atoms with E-state index in [-0.39, 0.29) is 23.7 Å². The van der Waals surface area contributed by atoms with Crippen molar-refractivity contribution in [2.75, 3.05) is 64.6 Å². The van der Waals surface area contributed by atoms with Crippen molar-refractivity contribution in [1.82, 2.24) is 30.0 Å². The second-order valence-electron chi connectivity index (χ2n) is 19.1. The number of nitrogen functional groups attached to an aromatic ring is 1. The number of aromatic amines is 2. The third-order valence-electron chi connectivity index (χ3n) is 14.0. The van der Waals surface area contributed by atoms with Gasteiger partial charge in [0.1, 0.15) is 11.4 Å². The first-order chi connectivity index (χ1) is 34.4. The van der Waals surface area contributed by atoms with Crippen molar-refractivity contribution in [3.63, 3.8) is 0 Å². The minimum Gasteiger partial charge on any atom is -0.477 e. The highest BCUT2D eigenvalue weighted by Gasteiger charge is 2.30. The van der Waals surface area contributed by atoms with Gasteiger partial charge >= 0.3 is 12.1 Å². The number of hydrogen-bond acceptors (Lipinski definition) is 7. The highest BCUT2D eigenvalue weighted by atomic mass is 19.4. The Balaban J connectivity index is 0.000000154. The van der Waals surface area contributed by atoms with Gasteiger partial charge in [-0.15, -0.1) is 0 Å². The van der Waals surface area contributed by atoms with E-state index in [9.17, 15) is 27.9 Å². The van der Waals surface area contributed by atoms with E-state index in [1.165, 1.54) is 74.6 Å². The number of aliphatic hydroxyl groups is 1. The third kappa shape index (κ3) is 14.1. The molecule has 7 aromatic rings. The highest BCUT2D eigenvalue weighted by molar-refractivity contribution is 6.03. The molecule has 3 aliphatic heterocycles. The second kappa shape index (κ2) is 24.1. The lowest BCUT2D eigenvalue weighted by atomic mass is 10.0. The summed E-state index contributed by atoms with van der Waals surface area (Å²) < 4.78 is 37.8. The van der Waals surface area contributed by atoms with Gasteiger partial charge in [-0.2, -0.15) is 13.2 Å². The normalized spacial score (nSPS) is 16.7. The van der Waals surface area contributed by atoms with Crippen LogP contribution in [0.25, 0.3) is 44.1 Å². The van der Waals surface area contributed by atoms with E-state index < -0.39 is 17.7 Å². The Morgan fingerprint density at radius 3 is 1.70 bits per heavy atom. The summed E-state index contributed by atoms with van der Waals surface area (Å²) in [5.74, 6) is -1.08. The molecule has 5 aromatic carbocycles. The van der Waals surface area contributed by atoms with Crippen molar-refractivity contribution in [3.8, 4) is 22.3 Å². The van der Waals surface area contributed by atoms with Crippen LogP contribution < -0.4 is 11.1 Å².